The summed E-state index contributed by atoms with van der Waals surface area (Å²) >= 11 is 0. The van der Waals surface area contributed by atoms with Gasteiger partial charge in [0.1, 0.15) is 11.8 Å². The zero-order chi connectivity index (χ0) is 15.6. The fourth-order valence-electron chi connectivity index (χ4n) is 2.91. The van der Waals surface area contributed by atoms with Gasteiger partial charge in [-0.15, -0.1) is 0 Å². The molecule has 2 rings (SSSR count). The molecule has 5 heteroatoms. The van der Waals surface area contributed by atoms with Gasteiger partial charge in [0.15, 0.2) is 0 Å². The number of rotatable bonds is 4. The Morgan fingerprint density at radius 1 is 1.43 bits per heavy atom. The minimum absolute atomic E-state index is 0.00847. The van der Waals surface area contributed by atoms with Crippen LogP contribution in [-0.4, -0.2) is 41.6 Å². The Labute approximate surface area is 124 Å². The zero-order valence-electron chi connectivity index (χ0n) is 12.6. The van der Waals surface area contributed by atoms with E-state index >= 15 is 0 Å². The van der Waals surface area contributed by atoms with Gasteiger partial charge in [0, 0.05) is 12.1 Å². The molecule has 1 N–H and O–H groups in total. The third kappa shape index (κ3) is 3.17. The Bertz CT molecular complexity index is 555. The highest BCUT2D eigenvalue weighted by Gasteiger charge is 2.39. The first-order chi connectivity index (χ1) is 9.93. The number of hydrogen-bond acceptors (Lipinski definition) is 3. The number of likely N-dealkylation sites (tertiary alicyclic amines) is 1. The summed E-state index contributed by atoms with van der Waals surface area (Å²) in [5.74, 6) is -0.431. The molecule has 0 spiro atoms. The van der Waals surface area contributed by atoms with Crippen LogP contribution in [-0.2, 0) is 16.0 Å². The molecule has 114 valence electrons. The van der Waals surface area contributed by atoms with Crippen LogP contribution in [0.2, 0.25) is 0 Å². The first-order valence-electron chi connectivity index (χ1n) is 7.10. The second-order valence-electron chi connectivity index (χ2n) is 5.63. The fraction of sp³-hybridized carbons (Fsp3) is 0.500. The van der Waals surface area contributed by atoms with Crippen LogP contribution >= 0.6 is 0 Å². The van der Waals surface area contributed by atoms with E-state index in [4.69, 9.17) is 4.74 Å². The zero-order valence-corrected chi connectivity index (χ0v) is 12.6. The van der Waals surface area contributed by atoms with E-state index in [1.807, 2.05) is 32.0 Å². The smallest absolute Gasteiger partial charge is 0.326 e. The molecule has 21 heavy (non-hydrogen) atoms. The molecule has 0 bridgehead atoms. The van der Waals surface area contributed by atoms with Crippen molar-refractivity contribution in [3.63, 3.8) is 0 Å². The summed E-state index contributed by atoms with van der Waals surface area (Å²) in [5, 5.41) is 9.30. The average Bonchev–Trinajstić information content (AvgIpc) is 2.81. The van der Waals surface area contributed by atoms with E-state index in [9.17, 15) is 14.7 Å². The van der Waals surface area contributed by atoms with Crippen molar-refractivity contribution in [1.82, 2.24) is 4.90 Å². The Morgan fingerprint density at radius 3 is 2.76 bits per heavy atom. The third-order valence-corrected chi connectivity index (χ3v) is 4.05. The predicted molar refractivity (Wildman–Crippen MR) is 78.4 cm³/mol. The molecule has 5 nitrogen and oxygen atoms in total. The number of carboxylic acid groups (broad SMARTS) is 1. The average molecular weight is 291 g/mol. The van der Waals surface area contributed by atoms with Gasteiger partial charge in [-0.1, -0.05) is 24.6 Å². The highest BCUT2D eigenvalue weighted by atomic mass is 16.5. The van der Waals surface area contributed by atoms with Crippen LogP contribution in [0, 0.1) is 12.8 Å². The molecular weight excluding hydrogens is 270 g/mol. The summed E-state index contributed by atoms with van der Waals surface area (Å²) in [6, 6.07) is 4.95. The monoisotopic (exact) mass is 291 g/mol. The minimum Gasteiger partial charge on any atom is -0.496 e. The van der Waals surface area contributed by atoms with Crippen LogP contribution in [0.5, 0.6) is 5.75 Å². The van der Waals surface area contributed by atoms with Crippen molar-refractivity contribution in [1.29, 1.82) is 0 Å². The second-order valence-corrected chi connectivity index (χ2v) is 5.63. The minimum atomic E-state index is -0.926. The summed E-state index contributed by atoms with van der Waals surface area (Å²) in [4.78, 5) is 25.3. The van der Waals surface area contributed by atoms with Gasteiger partial charge < -0.3 is 14.7 Å². The van der Waals surface area contributed by atoms with Crippen LogP contribution < -0.4 is 4.74 Å². The quantitative estimate of drug-likeness (QED) is 0.919. The van der Waals surface area contributed by atoms with Crippen molar-refractivity contribution >= 4 is 11.9 Å². The SMILES string of the molecule is COc1ccc(C)cc1CC(=O)N1CCC(C)C1C(=O)O. The van der Waals surface area contributed by atoms with Gasteiger partial charge >= 0.3 is 5.97 Å². The number of benzene rings is 1. The molecule has 1 heterocycles. The number of aliphatic carboxylic acids is 1. The van der Waals surface area contributed by atoms with Crippen LogP contribution in [0.15, 0.2) is 18.2 Å². The maximum Gasteiger partial charge on any atom is 0.326 e. The molecule has 1 fully saturated rings. The van der Waals surface area contributed by atoms with Gasteiger partial charge in [0.05, 0.1) is 13.5 Å². The van der Waals surface area contributed by atoms with Crippen molar-refractivity contribution in [2.24, 2.45) is 5.92 Å². The van der Waals surface area contributed by atoms with E-state index in [0.29, 0.717) is 12.3 Å². The van der Waals surface area contributed by atoms with Gasteiger partial charge in [0.2, 0.25) is 5.91 Å². The molecule has 1 aromatic rings. The van der Waals surface area contributed by atoms with Gasteiger partial charge in [-0.3, -0.25) is 4.79 Å². The lowest BCUT2D eigenvalue weighted by molar-refractivity contribution is -0.149. The van der Waals surface area contributed by atoms with Crippen LogP contribution in [0.25, 0.3) is 0 Å². The summed E-state index contributed by atoms with van der Waals surface area (Å²) < 4.78 is 5.27. The van der Waals surface area contributed by atoms with Crippen molar-refractivity contribution in [3.8, 4) is 5.75 Å². The normalized spacial score (nSPS) is 21.4. The van der Waals surface area contributed by atoms with Gasteiger partial charge in [-0.2, -0.15) is 0 Å². The maximum atomic E-state index is 12.5. The first kappa shape index (κ1) is 15.4. The Kier molecular flexibility index (Phi) is 4.50. The molecule has 2 unspecified atom stereocenters. The van der Waals surface area contributed by atoms with E-state index in [1.54, 1.807) is 7.11 Å². The molecule has 0 aliphatic carbocycles. The van der Waals surface area contributed by atoms with Gasteiger partial charge in [-0.25, -0.2) is 4.79 Å². The number of carbonyl (C=O) groups is 2. The first-order valence-corrected chi connectivity index (χ1v) is 7.10. The number of methoxy groups -OCH3 is 1. The number of aryl methyl sites for hydroxylation is 1. The molecular formula is C16H21NO4. The Morgan fingerprint density at radius 2 is 2.14 bits per heavy atom. The second kappa shape index (κ2) is 6.16. The molecule has 1 amide bonds. The van der Waals surface area contributed by atoms with Crippen molar-refractivity contribution in [2.75, 3.05) is 13.7 Å². The third-order valence-electron chi connectivity index (χ3n) is 4.05. The summed E-state index contributed by atoms with van der Waals surface area (Å²) in [6.45, 7) is 4.33. The lowest BCUT2D eigenvalue weighted by atomic mass is 10.0. The Balaban J connectivity index is 2.18. The largest absolute Gasteiger partial charge is 0.496 e. The van der Waals surface area contributed by atoms with Gasteiger partial charge in [0.25, 0.3) is 0 Å². The van der Waals surface area contributed by atoms with E-state index in [1.165, 1.54) is 4.90 Å². The topological polar surface area (TPSA) is 66.8 Å². The van der Waals surface area contributed by atoms with Crippen LogP contribution in [0.1, 0.15) is 24.5 Å². The van der Waals surface area contributed by atoms with E-state index in [0.717, 1.165) is 17.5 Å². The number of nitrogens with zero attached hydrogens (tertiary/aromatic N) is 1. The van der Waals surface area contributed by atoms with Crippen molar-refractivity contribution in [3.05, 3.63) is 29.3 Å². The maximum absolute atomic E-state index is 12.5. The summed E-state index contributed by atoms with van der Waals surface area (Å²) in [6.07, 6.45) is 0.898. The van der Waals surface area contributed by atoms with Gasteiger partial charge in [-0.05, 0) is 25.3 Å². The molecule has 2 atom stereocenters. The summed E-state index contributed by atoms with van der Waals surface area (Å²) in [7, 11) is 1.57. The standard InChI is InChI=1S/C16H21NO4/c1-10-4-5-13(21-3)12(8-10)9-14(18)17-7-6-11(2)15(17)16(19)20/h4-5,8,11,15H,6-7,9H2,1-3H3,(H,19,20). The molecule has 1 aliphatic rings. The van der Waals surface area contributed by atoms with Crippen molar-refractivity contribution in [2.45, 2.75) is 32.7 Å². The van der Waals surface area contributed by atoms with Crippen LogP contribution in [0.4, 0.5) is 0 Å². The van der Waals surface area contributed by atoms with E-state index in [-0.39, 0.29) is 18.2 Å². The molecule has 0 saturated carbocycles. The molecule has 1 aliphatic heterocycles. The fourth-order valence-corrected chi connectivity index (χ4v) is 2.91. The highest BCUT2D eigenvalue weighted by molar-refractivity contribution is 5.86. The lowest BCUT2D eigenvalue weighted by Crippen LogP contribution is -2.43. The number of hydrogen-bond donors (Lipinski definition) is 1. The summed E-state index contributed by atoms with van der Waals surface area (Å²) in [5.41, 5.74) is 1.84. The number of carboxylic acids is 1. The predicted octanol–water partition coefficient (Wildman–Crippen LogP) is 1.87. The molecule has 1 aromatic carbocycles. The van der Waals surface area contributed by atoms with E-state index in [2.05, 4.69) is 0 Å². The van der Waals surface area contributed by atoms with E-state index < -0.39 is 12.0 Å². The molecule has 0 aromatic heterocycles. The molecule has 1 saturated heterocycles. The number of ether oxygens (including phenoxy) is 1. The number of carbonyl (C=O) groups excluding carboxylic acids is 1. The highest BCUT2D eigenvalue weighted by Crippen LogP contribution is 2.27. The number of amides is 1. The Hall–Kier alpha value is -2.04. The van der Waals surface area contributed by atoms with Crippen molar-refractivity contribution < 1.29 is 19.4 Å². The van der Waals surface area contributed by atoms with Crippen LogP contribution in [0.3, 0.4) is 0 Å². The lowest BCUT2D eigenvalue weighted by Gasteiger charge is -2.23. The molecule has 0 radical (unpaired) electrons.